The summed E-state index contributed by atoms with van der Waals surface area (Å²) in [4.78, 5) is 60.2. The number of hydrogen-bond acceptors (Lipinski definition) is 8. The summed E-state index contributed by atoms with van der Waals surface area (Å²) in [5, 5.41) is 41.0. The molecule has 1 aliphatic heterocycles. The molecule has 1 aliphatic rings. The van der Waals surface area contributed by atoms with Gasteiger partial charge in [-0.2, -0.15) is 0 Å². The Hall–Kier alpha value is -2.77. The zero-order valence-electron chi connectivity index (χ0n) is 16.5. The second-order valence-electron chi connectivity index (χ2n) is 7.03. The van der Waals surface area contributed by atoms with Crippen molar-refractivity contribution >= 4 is 29.7 Å². The topological polar surface area (TPSA) is 220 Å². The van der Waals surface area contributed by atoms with E-state index < -0.39 is 73.0 Å². The van der Waals surface area contributed by atoms with Crippen molar-refractivity contribution < 1.29 is 44.4 Å². The Bertz CT molecular complexity index is 670. The van der Waals surface area contributed by atoms with Crippen molar-refractivity contribution in [2.24, 2.45) is 5.73 Å². The molecule has 0 aliphatic carbocycles. The van der Waals surface area contributed by atoms with E-state index in [4.69, 9.17) is 15.9 Å². The van der Waals surface area contributed by atoms with Crippen LogP contribution in [0.3, 0.4) is 0 Å². The van der Waals surface area contributed by atoms with Crippen LogP contribution in [0.1, 0.15) is 32.6 Å². The zero-order valence-corrected chi connectivity index (χ0v) is 16.5. The number of nitrogens with two attached hydrogens (primary N) is 1. The van der Waals surface area contributed by atoms with Crippen molar-refractivity contribution in [2.45, 2.75) is 62.9 Å². The lowest BCUT2D eigenvalue weighted by atomic mass is 10.1. The molecule has 0 spiro atoms. The van der Waals surface area contributed by atoms with Gasteiger partial charge in [-0.15, -0.1) is 0 Å². The Balaban J connectivity index is 2.78. The second kappa shape index (κ2) is 11.4. The van der Waals surface area contributed by atoms with Crippen molar-refractivity contribution in [1.82, 2.24) is 15.5 Å². The van der Waals surface area contributed by atoms with Crippen LogP contribution in [-0.2, 0) is 24.0 Å². The molecule has 30 heavy (non-hydrogen) atoms. The maximum absolute atomic E-state index is 12.6. The fraction of sp³-hybridized carbons (Fsp3) is 0.706. The molecule has 0 aromatic carbocycles. The van der Waals surface area contributed by atoms with Gasteiger partial charge in [0.1, 0.15) is 24.2 Å². The summed E-state index contributed by atoms with van der Waals surface area (Å²) in [6.45, 7) is 0.712. The zero-order chi connectivity index (χ0) is 23.0. The lowest BCUT2D eigenvalue weighted by molar-refractivity contribution is -0.144. The van der Waals surface area contributed by atoms with Crippen LogP contribution in [0.2, 0.25) is 0 Å². The Morgan fingerprint density at radius 3 is 2.27 bits per heavy atom. The predicted octanol–water partition coefficient (Wildman–Crippen LogP) is -3.40. The van der Waals surface area contributed by atoms with Crippen LogP contribution in [0.15, 0.2) is 0 Å². The molecule has 5 atom stereocenters. The number of aliphatic carboxylic acids is 2. The SMILES string of the molecule is C[C@@H](O)[C@H](N)C(=O)N1CCC[C@H]1C(=O)N[C@@H](CO)C(=O)N[C@@H](CCC(=O)O)C(=O)O. The summed E-state index contributed by atoms with van der Waals surface area (Å²) in [5.41, 5.74) is 5.64. The van der Waals surface area contributed by atoms with Crippen molar-refractivity contribution in [2.75, 3.05) is 13.2 Å². The summed E-state index contributed by atoms with van der Waals surface area (Å²) in [6, 6.07) is -5.22. The van der Waals surface area contributed by atoms with E-state index in [2.05, 4.69) is 10.6 Å². The summed E-state index contributed by atoms with van der Waals surface area (Å²) < 4.78 is 0. The van der Waals surface area contributed by atoms with Crippen molar-refractivity contribution in [3.05, 3.63) is 0 Å². The number of nitrogens with zero attached hydrogens (tertiary/aromatic N) is 1. The van der Waals surface area contributed by atoms with Crippen LogP contribution >= 0.6 is 0 Å². The number of hydrogen-bond donors (Lipinski definition) is 7. The normalized spacial score (nSPS) is 20.0. The average Bonchev–Trinajstić information content (AvgIpc) is 3.17. The highest BCUT2D eigenvalue weighted by Gasteiger charge is 2.38. The first-order valence-electron chi connectivity index (χ1n) is 9.39. The molecule has 3 amide bonds. The van der Waals surface area contributed by atoms with Gasteiger partial charge < -0.3 is 41.7 Å². The third kappa shape index (κ3) is 6.93. The standard InChI is InChI=1S/C17H28N4O9/c1-8(23)13(18)16(28)21-6-2-3-11(21)15(27)20-10(7-22)14(26)19-9(17(29)30)4-5-12(24)25/h8-11,13,22-23H,2-7,18H2,1H3,(H,19,26)(H,20,27)(H,24,25)(H,29,30)/t8-,9+,10+,11+,13+/m1/s1. The van der Waals surface area contributed by atoms with Crippen LogP contribution in [0.5, 0.6) is 0 Å². The van der Waals surface area contributed by atoms with E-state index in [0.717, 1.165) is 0 Å². The molecule has 0 bridgehead atoms. The minimum Gasteiger partial charge on any atom is -0.481 e. The third-order valence-corrected chi connectivity index (χ3v) is 4.72. The van der Waals surface area contributed by atoms with Gasteiger partial charge in [0, 0.05) is 13.0 Å². The number of carboxylic acids is 2. The number of rotatable bonds is 11. The minimum absolute atomic E-state index is 0.226. The van der Waals surface area contributed by atoms with Crippen molar-refractivity contribution in [3.63, 3.8) is 0 Å². The molecule has 1 rings (SSSR count). The van der Waals surface area contributed by atoms with E-state index in [1.54, 1.807) is 0 Å². The van der Waals surface area contributed by atoms with Crippen molar-refractivity contribution in [3.8, 4) is 0 Å². The second-order valence-corrected chi connectivity index (χ2v) is 7.03. The molecule has 8 N–H and O–H groups in total. The van der Waals surface area contributed by atoms with Gasteiger partial charge >= 0.3 is 11.9 Å². The molecule has 0 radical (unpaired) electrons. The number of nitrogens with one attached hydrogen (secondary N) is 2. The molecular formula is C17H28N4O9. The van der Waals surface area contributed by atoms with E-state index in [1.807, 2.05) is 0 Å². The van der Waals surface area contributed by atoms with Crippen LogP contribution in [0, 0.1) is 0 Å². The number of likely N-dealkylation sites (tertiary alicyclic amines) is 1. The molecule has 1 fully saturated rings. The monoisotopic (exact) mass is 432 g/mol. The molecule has 13 nitrogen and oxygen atoms in total. The lowest BCUT2D eigenvalue weighted by Crippen LogP contribution is -2.58. The fourth-order valence-electron chi connectivity index (χ4n) is 2.96. The Labute approximate surface area is 172 Å². The average molecular weight is 432 g/mol. The highest BCUT2D eigenvalue weighted by molar-refractivity contribution is 5.94. The van der Waals surface area contributed by atoms with E-state index in [9.17, 15) is 34.2 Å². The van der Waals surface area contributed by atoms with E-state index in [1.165, 1.54) is 11.8 Å². The van der Waals surface area contributed by atoms with Gasteiger partial charge in [0.05, 0.1) is 12.7 Å². The summed E-state index contributed by atoms with van der Waals surface area (Å²) >= 11 is 0. The quantitative estimate of drug-likeness (QED) is 0.171. The Morgan fingerprint density at radius 1 is 1.13 bits per heavy atom. The number of aliphatic hydroxyl groups is 2. The van der Waals surface area contributed by atoms with Gasteiger partial charge in [-0.25, -0.2) is 4.79 Å². The summed E-state index contributed by atoms with van der Waals surface area (Å²) in [5.74, 6) is -5.10. The first kappa shape index (κ1) is 25.3. The van der Waals surface area contributed by atoms with E-state index >= 15 is 0 Å². The van der Waals surface area contributed by atoms with E-state index in [-0.39, 0.29) is 19.4 Å². The number of carboxylic acid groups (broad SMARTS) is 2. The molecule has 170 valence electrons. The summed E-state index contributed by atoms with van der Waals surface area (Å²) in [7, 11) is 0. The van der Waals surface area contributed by atoms with Gasteiger partial charge in [0.25, 0.3) is 0 Å². The highest BCUT2D eigenvalue weighted by atomic mass is 16.4. The number of aliphatic hydroxyl groups excluding tert-OH is 2. The van der Waals surface area contributed by atoms with Gasteiger partial charge in [0.2, 0.25) is 17.7 Å². The van der Waals surface area contributed by atoms with E-state index in [0.29, 0.717) is 6.42 Å². The van der Waals surface area contributed by atoms with Gasteiger partial charge in [-0.05, 0) is 26.2 Å². The van der Waals surface area contributed by atoms with Crippen molar-refractivity contribution in [1.29, 1.82) is 0 Å². The lowest BCUT2D eigenvalue weighted by Gasteiger charge is -2.29. The first-order chi connectivity index (χ1) is 14.0. The molecule has 1 saturated heterocycles. The van der Waals surface area contributed by atoms with Gasteiger partial charge in [0.15, 0.2) is 0 Å². The fourth-order valence-corrected chi connectivity index (χ4v) is 2.96. The Morgan fingerprint density at radius 2 is 1.77 bits per heavy atom. The van der Waals surface area contributed by atoms with Gasteiger partial charge in [-0.3, -0.25) is 19.2 Å². The van der Waals surface area contributed by atoms with Crippen LogP contribution in [0.25, 0.3) is 0 Å². The predicted molar refractivity (Wildman–Crippen MR) is 99.8 cm³/mol. The molecule has 0 unspecified atom stereocenters. The third-order valence-electron chi connectivity index (χ3n) is 4.72. The molecule has 0 aromatic rings. The molecule has 1 heterocycles. The molecule has 13 heteroatoms. The smallest absolute Gasteiger partial charge is 0.326 e. The molecule has 0 aromatic heterocycles. The van der Waals surface area contributed by atoms with Crippen LogP contribution in [-0.4, -0.2) is 98.4 Å². The van der Waals surface area contributed by atoms with Gasteiger partial charge in [-0.1, -0.05) is 0 Å². The van der Waals surface area contributed by atoms with Crippen LogP contribution in [0.4, 0.5) is 0 Å². The molecular weight excluding hydrogens is 404 g/mol. The maximum Gasteiger partial charge on any atom is 0.326 e. The van der Waals surface area contributed by atoms with Crippen LogP contribution < -0.4 is 16.4 Å². The number of carbonyl (C=O) groups is 5. The summed E-state index contributed by atoms with van der Waals surface area (Å²) in [6.07, 6.45) is -1.25. The maximum atomic E-state index is 12.6. The largest absolute Gasteiger partial charge is 0.481 e. The Kier molecular flexibility index (Phi) is 9.62. The number of carbonyl (C=O) groups excluding carboxylic acids is 3. The molecule has 0 saturated carbocycles. The highest BCUT2D eigenvalue weighted by Crippen LogP contribution is 2.19. The number of amides is 3. The minimum atomic E-state index is -1.52. The first-order valence-corrected chi connectivity index (χ1v) is 9.39.